The first-order valence-corrected chi connectivity index (χ1v) is 11.2. The van der Waals surface area contributed by atoms with Gasteiger partial charge in [-0.2, -0.15) is 4.99 Å². The fraction of sp³-hybridized carbons (Fsp3) is 0.368. The summed E-state index contributed by atoms with van der Waals surface area (Å²) in [6, 6.07) is 5.32. The van der Waals surface area contributed by atoms with E-state index in [1.165, 1.54) is 0 Å². The first kappa shape index (κ1) is 18.2. The Hall–Kier alpha value is -2.85. The maximum atomic E-state index is 12.5. The summed E-state index contributed by atoms with van der Waals surface area (Å²) in [6.07, 6.45) is 4.72. The molecular formula is C19H20N6O3S. The fourth-order valence-electron chi connectivity index (χ4n) is 3.90. The van der Waals surface area contributed by atoms with E-state index in [1.807, 2.05) is 6.07 Å². The Morgan fingerprint density at radius 3 is 2.97 bits per heavy atom. The number of carbonyl (C=O) groups is 1. The number of guanidine groups is 1. The third-order valence-electron chi connectivity index (χ3n) is 5.41. The lowest BCUT2D eigenvalue weighted by atomic mass is 9.96. The van der Waals surface area contributed by atoms with E-state index in [0.29, 0.717) is 34.5 Å². The second kappa shape index (κ2) is 6.89. The fourth-order valence-corrected chi connectivity index (χ4v) is 5.49. The Kier molecular flexibility index (Phi) is 4.32. The quantitative estimate of drug-likeness (QED) is 0.643. The van der Waals surface area contributed by atoms with Crippen molar-refractivity contribution in [3.63, 3.8) is 0 Å². The second-order valence-corrected chi connectivity index (χ2v) is 9.48. The predicted molar refractivity (Wildman–Crippen MR) is 110 cm³/mol. The van der Waals surface area contributed by atoms with Gasteiger partial charge in [-0.05, 0) is 43.2 Å². The summed E-state index contributed by atoms with van der Waals surface area (Å²) < 4.78 is 24.5. The largest absolute Gasteiger partial charge is 0.343 e. The molecule has 0 bridgehead atoms. The van der Waals surface area contributed by atoms with Crippen molar-refractivity contribution >= 4 is 38.9 Å². The van der Waals surface area contributed by atoms with E-state index in [-0.39, 0.29) is 17.7 Å². The molecule has 1 unspecified atom stereocenters. The van der Waals surface area contributed by atoms with E-state index in [0.717, 1.165) is 25.1 Å². The number of amides is 1. The maximum Gasteiger partial charge on any atom is 0.246 e. The lowest BCUT2D eigenvalue weighted by Crippen LogP contribution is -2.45. The van der Waals surface area contributed by atoms with Crippen LogP contribution in [0.2, 0.25) is 0 Å². The highest BCUT2D eigenvalue weighted by atomic mass is 32.2. The number of rotatable bonds is 2. The van der Waals surface area contributed by atoms with Crippen LogP contribution in [-0.4, -0.2) is 56.7 Å². The van der Waals surface area contributed by atoms with Crippen LogP contribution < -0.4 is 16.0 Å². The normalized spacial score (nSPS) is 28.4. The van der Waals surface area contributed by atoms with Crippen LogP contribution in [0.25, 0.3) is 0 Å². The standard InChI is InChI=1S/C19H20N6O3S/c26-18-16-14(4-7-21-18)24-19(23-13-3-6-20-10-13)25-17(16)22-12-2-1-11-5-8-29(27,28)15(11)9-12/h1-2,4,7,9,13,16,20H,3,5-6,8,10H2,(H,21,26)(H,22,23,25)/t13-,16?/m1/s1. The number of nitrogens with one attached hydrogen (secondary N) is 3. The molecular weight excluding hydrogens is 392 g/mol. The Bertz CT molecular complexity index is 1110. The van der Waals surface area contributed by atoms with Crippen LogP contribution in [0.5, 0.6) is 0 Å². The highest BCUT2D eigenvalue weighted by Gasteiger charge is 2.35. The predicted octanol–water partition coefficient (Wildman–Crippen LogP) is 0.259. The number of fused-ring (bicyclic) bond motifs is 2. The van der Waals surface area contributed by atoms with Crippen molar-refractivity contribution in [2.24, 2.45) is 20.9 Å². The molecule has 1 amide bonds. The van der Waals surface area contributed by atoms with Gasteiger partial charge in [0.2, 0.25) is 11.9 Å². The minimum atomic E-state index is -3.25. The number of hydrogen-bond donors (Lipinski definition) is 3. The molecule has 10 heteroatoms. The monoisotopic (exact) mass is 412 g/mol. The summed E-state index contributed by atoms with van der Waals surface area (Å²) in [4.78, 5) is 26.4. The van der Waals surface area contributed by atoms with Gasteiger partial charge in [0, 0.05) is 18.4 Å². The number of allylic oxidation sites excluding steroid dienone is 1. The molecule has 1 aromatic carbocycles. The zero-order valence-corrected chi connectivity index (χ0v) is 16.4. The molecule has 0 radical (unpaired) electrons. The second-order valence-electron chi connectivity index (χ2n) is 7.40. The van der Waals surface area contributed by atoms with E-state index in [4.69, 9.17) is 0 Å². The number of sulfone groups is 1. The number of aryl methyl sites for hydroxylation is 1. The third kappa shape index (κ3) is 3.38. The molecule has 0 spiro atoms. The van der Waals surface area contributed by atoms with Crippen LogP contribution in [0.15, 0.2) is 50.3 Å². The smallest absolute Gasteiger partial charge is 0.246 e. The molecule has 3 N–H and O–H groups in total. The molecule has 1 saturated heterocycles. The van der Waals surface area contributed by atoms with Crippen LogP contribution in [0.1, 0.15) is 12.0 Å². The average molecular weight is 412 g/mol. The molecule has 4 aliphatic rings. The molecule has 0 saturated carbocycles. The van der Waals surface area contributed by atoms with Crippen molar-refractivity contribution in [2.45, 2.75) is 23.8 Å². The summed E-state index contributed by atoms with van der Waals surface area (Å²) in [7, 11) is -3.25. The summed E-state index contributed by atoms with van der Waals surface area (Å²) in [5.74, 6) is -0.0955. The van der Waals surface area contributed by atoms with Crippen LogP contribution >= 0.6 is 0 Å². The van der Waals surface area contributed by atoms with Crippen LogP contribution in [0.3, 0.4) is 0 Å². The molecule has 1 fully saturated rings. The van der Waals surface area contributed by atoms with E-state index in [1.54, 1.807) is 24.4 Å². The van der Waals surface area contributed by atoms with E-state index in [2.05, 4.69) is 30.9 Å². The highest BCUT2D eigenvalue weighted by molar-refractivity contribution is 7.91. The molecule has 5 rings (SSSR count). The first-order valence-electron chi connectivity index (χ1n) is 9.55. The number of aliphatic imine (C=N–C) groups is 3. The number of nitrogens with zero attached hydrogens (tertiary/aromatic N) is 3. The Morgan fingerprint density at radius 1 is 1.24 bits per heavy atom. The van der Waals surface area contributed by atoms with Crippen molar-refractivity contribution in [1.82, 2.24) is 10.6 Å². The zero-order chi connectivity index (χ0) is 20.0. The molecule has 1 aromatic rings. The van der Waals surface area contributed by atoms with Gasteiger partial charge in [-0.1, -0.05) is 6.07 Å². The Labute approximate surface area is 168 Å². The van der Waals surface area contributed by atoms with Crippen molar-refractivity contribution in [3.8, 4) is 0 Å². The van der Waals surface area contributed by atoms with Gasteiger partial charge in [0.1, 0.15) is 11.8 Å². The lowest BCUT2D eigenvalue weighted by molar-refractivity contribution is -0.120. The van der Waals surface area contributed by atoms with Crippen molar-refractivity contribution in [1.29, 1.82) is 0 Å². The molecule has 4 aliphatic heterocycles. The molecule has 150 valence electrons. The van der Waals surface area contributed by atoms with Gasteiger partial charge in [0.15, 0.2) is 9.84 Å². The molecule has 2 atom stereocenters. The SMILES string of the molecule is O=C1NC=CC2=NC(=N[C@@H]3CCNC3)N=C(Nc3ccc4c(c3)S(=O)(=O)CC4)C12. The van der Waals surface area contributed by atoms with E-state index in [9.17, 15) is 13.2 Å². The number of benzene rings is 1. The summed E-state index contributed by atoms with van der Waals surface area (Å²) in [5, 5.41) is 9.07. The van der Waals surface area contributed by atoms with Gasteiger partial charge in [0.05, 0.1) is 22.4 Å². The van der Waals surface area contributed by atoms with Gasteiger partial charge < -0.3 is 16.0 Å². The summed E-state index contributed by atoms with van der Waals surface area (Å²) in [5.41, 5.74) is 1.95. The number of amidine groups is 1. The third-order valence-corrected chi connectivity index (χ3v) is 7.20. The molecule has 0 aliphatic carbocycles. The van der Waals surface area contributed by atoms with E-state index >= 15 is 0 Å². The molecule has 29 heavy (non-hydrogen) atoms. The van der Waals surface area contributed by atoms with E-state index < -0.39 is 15.8 Å². The van der Waals surface area contributed by atoms with Gasteiger partial charge >= 0.3 is 0 Å². The van der Waals surface area contributed by atoms with Gasteiger partial charge in [0.25, 0.3) is 0 Å². The minimum absolute atomic E-state index is 0.0995. The number of hydrogen-bond acceptors (Lipinski definition) is 6. The minimum Gasteiger partial charge on any atom is -0.343 e. The number of anilines is 1. The van der Waals surface area contributed by atoms with Crippen molar-refractivity contribution in [2.75, 3.05) is 24.2 Å². The molecule has 4 heterocycles. The topological polar surface area (TPSA) is 124 Å². The zero-order valence-electron chi connectivity index (χ0n) is 15.6. The number of carbonyl (C=O) groups excluding carboxylic acids is 1. The van der Waals surface area contributed by atoms with Crippen LogP contribution in [0.4, 0.5) is 5.69 Å². The Balaban J connectivity index is 1.51. The van der Waals surface area contributed by atoms with Gasteiger partial charge in [-0.3, -0.25) is 4.79 Å². The van der Waals surface area contributed by atoms with Crippen LogP contribution in [0, 0.1) is 5.92 Å². The molecule has 0 aromatic heterocycles. The molecule has 9 nitrogen and oxygen atoms in total. The van der Waals surface area contributed by atoms with Crippen molar-refractivity contribution in [3.05, 3.63) is 36.0 Å². The average Bonchev–Trinajstić information content (AvgIpc) is 3.30. The highest BCUT2D eigenvalue weighted by Crippen LogP contribution is 2.29. The summed E-state index contributed by atoms with van der Waals surface area (Å²) >= 11 is 0. The summed E-state index contributed by atoms with van der Waals surface area (Å²) in [6.45, 7) is 1.68. The first-order chi connectivity index (χ1) is 14.0. The maximum absolute atomic E-state index is 12.5. The lowest BCUT2D eigenvalue weighted by Gasteiger charge is -2.25. The van der Waals surface area contributed by atoms with Crippen LogP contribution in [-0.2, 0) is 21.1 Å². The van der Waals surface area contributed by atoms with Gasteiger partial charge in [-0.15, -0.1) is 0 Å². The Morgan fingerprint density at radius 2 is 2.14 bits per heavy atom. The van der Waals surface area contributed by atoms with Gasteiger partial charge in [-0.25, -0.2) is 18.4 Å². The van der Waals surface area contributed by atoms with Crippen molar-refractivity contribution < 1.29 is 13.2 Å².